The zero-order valence-electron chi connectivity index (χ0n) is 42.1. The molecule has 3 heterocycles. The highest BCUT2D eigenvalue weighted by Gasteiger charge is 2.30. The first-order valence-electron chi connectivity index (χ1n) is 24.6. The van der Waals surface area contributed by atoms with E-state index in [-0.39, 0.29) is 81.6 Å². The molecule has 388 valence electrons. The first-order valence-corrected chi connectivity index (χ1v) is 24.6. The van der Waals surface area contributed by atoms with Gasteiger partial charge in [0.1, 0.15) is 30.0 Å². The largest absolute Gasteiger partial charge is 0.445 e. The predicted octanol–water partition coefficient (Wildman–Crippen LogP) is 5.19. The highest BCUT2D eigenvalue weighted by Crippen LogP contribution is 2.32. The number of imidazole rings is 1. The van der Waals surface area contributed by atoms with Gasteiger partial charge >= 0.3 is 12.1 Å². The zero-order valence-corrected chi connectivity index (χ0v) is 42.1. The summed E-state index contributed by atoms with van der Waals surface area (Å²) in [4.78, 5) is 101. The number of ether oxygens (including phenoxy) is 1. The van der Waals surface area contributed by atoms with Gasteiger partial charge in [0.05, 0.1) is 29.7 Å². The molecule has 2 aromatic heterocycles. The summed E-state index contributed by atoms with van der Waals surface area (Å²) in [6.07, 6.45) is 4.67. The molecule has 9 N–H and O–H groups in total. The number of carbonyl (C=O) groups excluding carboxylic acids is 7. The average molecular weight is 1000 g/mol. The number of hydrogen-bond donors (Lipinski definition) is 7. The maximum atomic E-state index is 13.7. The highest BCUT2D eigenvalue weighted by atomic mass is 16.6. The quantitative estimate of drug-likeness (QED) is 0.0294. The molecule has 0 bridgehead atoms. The molecule has 0 unspecified atom stereocenters. The van der Waals surface area contributed by atoms with E-state index in [0.717, 1.165) is 21.4 Å². The number of nitrogens with one attached hydrogen (secondary N) is 4. The van der Waals surface area contributed by atoms with Gasteiger partial charge in [-0.2, -0.15) is 0 Å². The molecule has 0 spiro atoms. The normalized spacial score (nSPS) is 13.3. The van der Waals surface area contributed by atoms with Crippen molar-refractivity contribution in [1.29, 1.82) is 0 Å². The Hall–Kier alpha value is -7.87. The van der Waals surface area contributed by atoms with Crippen LogP contribution in [0.2, 0.25) is 0 Å². The summed E-state index contributed by atoms with van der Waals surface area (Å²) in [5.74, 6) is -1.81. The fraction of sp³-hybridized carbons (Fsp3) is 0.415. The maximum Gasteiger partial charge on any atom is 0.410 e. The van der Waals surface area contributed by atoms with Gasteiger partial charge in [0, 0.05) is 49.3 Å². The molecule has 2 atom stereocenters. The van der Waals surface area contributed by atoms with Crippen LogP contribution in [-0.4, -0.2) is 108 Å². The van der Waals surface area contributed by atoms with Crippen LogP contribution in [0.4, 0.5) is 21.1 Å². The van der Waals surface area contributed by atoms with Crippen molar-refractivity contribution in [2.24, 2.45) is 11.7 Å². The lowest BCUT2D eigenvalue weighted by Crippen LogP contribution is -2.54. The zero-order chi connectivity index (χ0) is 52.8. The van der Waals surface area contributed by atoms with Crippen molar-refractivity contribution in [2.45, 2.75) is 117 Å². The molecule has 6 rings (SSSR count). The fourth-order valence-electron chi connectivity index (χ4n) is 8.46. The number of imide groups is 1. The minimum atomic E-state index is -1.15. The third-order valence-corrected chi connectivity index (χ3v) is 12.3. The number of nitrogens with two attached hydrogens (primary N) is 2. The number of nitrogen functional groups attached to an aromatic ring is 1. The number of aromatic nitrogens is 3. The van der Waals surface area contributed by atoms with Crippen molar-refractivity contribution in [2.75, 3.05) is 30.7 Å². The van der Waals surface area contributed by atoms with E-state index in [9.17, 15) is 38.7 Å². The lowest BCUT2D eigenvalue weighted by Gasteiger charge is -2.25. The van der Waals surface area contributed by atoms with Crippen LogP contribution < -0.4 is 32.7 Å². The molecule has 5 aromatic rings. The molecule has 73 heavy (non-hydrogen) atoms. The van der Waals surface area contributed by atoms with Gasteiger partial charge in [-0.25, -0.2) is 19.6 Å². The average Bonchev–Trinajstić information content (AvgIpc) is 3.86. The van der Waals surface area contributed by atoms with Crippen LogP contribution >= 0.6 is 0 Å². The van der Waals surface area contributed by atoms with Crippen molar-refractivity contribution in [3.63, 3.8) is 0 Å². The number of anilines is 2. The van der Waals surface area contributed by atoms with Gasteiger partial charge in [0.25, 0.3) is 11.8 Å². The lowest BCUT2D eigenvalue weighted by atomic mass is 10.0. The Balaban J connectivity index is 1.06. The number of unbranched alkanes of at least 4 members (excludes halogenated alkanes) is 2. The maximum absolute atomic E-state index is 13.7. The summed E-state index contributed by atoms with van der Waals surface area (Å²) in [6.45, 7) is 9.55. The Labute approximate surface area is 424 Å². The molecule has 3 aromatic carbocycles. The van der Waals surface area contributed by atoms with Gasteiger partial charge in [0.2, 0.25) is 17.7 Å². The van der Waals surface area contributed by atoms with Crippen LogP contribution in [0, 0.1) is 5.92 Å². The Bertz CT molecular complexity index is 2810. The third-order valence-electron chi connectivity index (χ3n) is 12.3. The molecule has 0 saturated heterocycles. The van der Waals surface area contributed by atoms with Crippen molar-refractivity contribution < 1.29 is 43.4 Å². The van der Waals surface area contributed by atoms with E-state index in [2.05, 4.69) is 33.4 Å². The number of rotatable bonds is 25. The second-order valence-corrected chi connectivity index (χ2v) is 19.1. The third kappa shape index (κ3) is 15.3. The summed E-state index contributed by atoms with van der Waals surface area (Å²) < 4.78 is 7.65. The van der Waals surface area contributed by atoms with Crippen LogP contribution in [0.1, 0.15) is 95.7 Å². The second-order valence-electron chi connectivity index (χ2n) is 19.1. The van der Waals surface area contributed by atoms with E-state index in [1.165, 1.54) is 17.1 Å². The highest BCUT2D eigenvalue weighted by molar-refractivity contribution is 6.13. The number of primary amides is 1. The number of amides is 8. The molecule has 0 saturated carbocycles. The van der Waals surface area contributed by atoms with Crippen LogP contribution in [0.5, 0.6) is 0 Å². The van der Waals surface area contributed by atoms with Crippen molar-refractivity contribution in [3.8, 4) is 0 Å². The van der Waals surface area contributed by atoms with E-state index >= 15 is 0 Å². The molecule has 0 radical (unpaired) electrons. The number of pyridine rings is 1. The van der Waals surface area contributed by atoms with Crippen molar-refractivity contribution in [3.05, 3.63) is 107 Å². The number of nitrogens with zero attached hydrogens (tertiary/aromatic N) is 5. The molecule has 1 aliphatic heterocycles. The fourth-order valence-corrected chi connectivity index (χ4v) is 8.46. The molecule has 1 aliphatic rings. The van der Waals surface area contributed by atoms with Gasteiger partial charge in [-0.05, 0) is 93.7 Å². The number of hydrogen-bond acceptors (Lipinski definition) is 12. The van der Waals surface area contributed by atoms with E-state index in [4.69, 9.17) is 26.2 Å². The van der Waals surface area contributed by atoms with Crippen molar-refractivity contribution in [1.82, 2.24) is 40.3 Å². The number of urea groups is 1. The molecule has 0 fully saturated rings. The first-order chi connectivity index (χ1) is 34.8. The summed E-state index contributed by atoms with van der Waals surface area (Å²) in [7, 11) is 0. The molecule has 20 nitrogen and oxygen atoms in total. The smallest absolute Gasteiger partial charge is 0.410 e. The van der Waals surface area contributed by atoms with Crippen LogP contribution in [0.15, 0.2) is 84.9 Å². The van der Waals surface area contributed by atoms with Gasteiger partial charge in [-0.15, -0.1) is 0 Å². The minimum absolute atomic E-state index is 0.0474. The first kappa shape index (κ1) is 54.5. The van der Waals surface area contributed by atoms with Crippen LogP contribution in [-0.2, 0) is 54.8 Å². The van der Waals surface area contributed by atoms with E-state index in [1.807, 2.05) is 47.9 Å². The monoisotopic (exact) mass is 1000 g/mol. The topological polar surface area (TPSA) is 286 Å². The van der Waals surface area contributed by atoms with Gasteiger partial charge in [0.15, 0.2) is 5.82 Å². The molecular weight excluding hydrogens is 935 g/mol. The lowest BCUT2D eigenvalue weighted by molar-refractivity contribution is -0.137. The number of benzene rings is 3. The number of fused-ring (bicyclic) bond motifs is 3. The molecule has 0 aliphatic carbocycles. The second kappa shape index (κ2) is 25.0. The Morgan fingerprint density at radius 1 is 0.849 bits per heavy atom. The van der Waals surface area contributed by atoms with Crippen molar-refractivity contribution >= 4 is 75.1 Å². The summed E-state index contributed by atoms with van der Waals surface area (Å²) in [5.41, 5.74) is 15.7. The van der Waals surface area contributed by atoms with Crippen LogP contribution in [0.25, 0.3) is 21.9 Å². The van der Waals surface area contributed by atoms with E-state index in [1.54, 1.807) is 52.0 Å². The molecule has 20 heteroatoms. The van der Waals surface area contributed by atoms with Gasteiger partial charge in [-0.3, -0.25) is 28.9 Å². The van der Waals surface area contributed by atoms with E-state index < -0.39 is 41.6 Å². The molecular formula is C53H67N11O9. The minimum Gasteiger partial charge on any atom is -0.445 e. The SMILES string of the molecule is CCN(Cc1nc2c(N)nc3cc(Cc4ccccc4)ccc3c2n1CC(C)(C)O)C(=O)OCc1ccc(NC(=O)[C@H](CCCNC(N)=O)NC(=O)[C@@H](NC(=O)CCCCCN2C(=O)C=CC2=O)C(C)C)cc1. The Kier molecular flexibility index (Phi) is 18.6. The summed E-state index contributed by atoms with van der Waals surface area (Å²) in [6, 6.07) is 20.0. The van der Waals surface area contributed by atoms with Crippen LogP contribution in [0.3, 0.4) is 0 Å². The molecule has 8 amide bonds. The number of aliphatic hydroxyl groups is 1. The Morgan fingerprint density at radius 3 is 2.21 bits per heavy atom. The Morgan fingerprint density at radius 2 is 1.55 bits per heavy atom. The standard InChI is InChI=1S/C53H67N11O9/c1-6-62(30-41-60-46-47(64(41)32-53(4,5)72)38-23-20-36(29-40(38)58-48(46)54)28-34-14-9-7-10-15-34)52(71)73-31-35-18-21-37(22-19-35)57-49(68)39(16-13-26-56-51(55)70)59-50(69)45(33(2)3)61-42(65)17-11-8-12-27-63-43(66)24-25-44(63)67/h7,9-10,14-15,18-25,29,33,39,45,72H,6,8,11-13,16-17,26-28,30-32H2,1-5H3,(H2,54,58)(H,57,68)(H,59,69)(H,61,65)(H3,55,56,70)/t39-,45-/m0/s1. The van der Waals surface area contributed by atoms with E-state index in [0.29, 0.717) is 65.7 Å². The van der Waals surface area contributed by atoms with Gasteiger partial charge < -0.3 is 52.0 Å². The summed E-state index contributed by atoms with van der Waals surface area (Å²) >= 11 is 0. The number of carbonyl (C=O) groups is 7. The van der Waals surface area contributed by atoms with Gasteiger partial charge in [-0.1, -0.05) is 74.9 Å². The predicted molar refractivity (Wildman–Crippen MR) is 276 cm³/mol. The summed E-state index contributed by atoms with van der Waals surface area (Å²) in [5, 5.41) is 22.7.